The molecule has 0 spiro atoms. The van der Waals surface area contributed by atoms with Crippen molar-refractivity contribution in [1.82, 2.24) is 35.0 Å². The predicted molar refractivity (Wildman–Crippen MR) is 93.9 cm³/mol. The van der Waals surface area contributed by atoms with Gasteiger partial charge in [-0.25, -0.2) is 13.1 Å². The first kappa shape index (κ1) is 18.1. The molecule has 0 aliphatic carbocycles. The molecule has 2 aromatic rings. The van der Waals surface area contributed by atoms with Gasteiger partial charge in [-0.05, 0) is 23.3 Å². The molecule has 0 radical (unpaired) electrons. The van der Waals surface area contributed by atoms with Gasteiger partial charge >= 0.3 is 0 Å². The molecule has 1 atom stereocenters. The van der Waals surface area contributed by atoms with Gasteiger partial charge in [0.2, 0.25) is 0 Å². The summed E-state index contributed by atoms with van der Waals surface area (Å²) in [5.41, 5.74) is 0. The zero-order chi connectivity index (χ0) is 17.9. The first-order chi connectivity index (χ1) is 12.0. The molecular formula is C14H21N7O2S2. The van der Waals surface area contributed by atoms with E-state index in [9.17, 15) is 8.42 Å². The Morgan fingerprint density at radius 1 is 1.36 bits per heavy atom. The van der Waals surface area contributed by atoms with Crippen LogP contribution in [0, 0.1) is 0 Å². The smallest absolute Gasteiger partial charge is 0.191 e. The molecule has 0 bridgehead atoms. The highest BCUT2D eigenvalue weighted by atomic mass is 32.2. The summed E-state index contributed by atoms with van der Waals surface area (Å²) in [6.45, 7) is 7.17. The summed E-state index contributed by atoms with van der Waals surface area (Å²) in [5, 5.41) is 21.0. The SMILES string of the molecule is C=CCn1c(SCc2nnnn2CCC)nnc1C1CCS(=O)(=O)C1. The van der Waals surface area contributed by atoms with Crippen molar-refractivity contribution in [3.8, 4) is 0 Å². The van der Waals surface area contributed by atoms with Crippen molar-refractivity contribution in [3.63, 3.8) is 0 Å². The van der Waals surface area contributed by atoms with E-state index in [-0.39, 0.29) is 17.4 Å². The standard InChI is InChI=1S/C14H21N7O2S2/c1-3-6-20-13(11-5-8-25(22,23)10-11)16-17-14(20)24-9-12-15-18-19-21(12)7-4-2/h3,11H,1,4-10H2,2H3. The first-order valence-electron chi connectivity index (χ1n) is 8.16. The molecule has 3 rings (SSSR count). The van der Waals surface area contributed by atoms with Gasteiger partial charge in [0.15, 0.2) is 20.8 Å². The molecule has 1 aliphatic heterocycles. The van der Waals surface area contributed by atoms with Crippen LogP contribution in [0.1, 0.15) is 37.3 Å². The average molecular weight is 384 g/mol. The quantitative estimate of drug-likeness (QED) is 0.492. The lowest BCUT2D eigenvalue weighted by Crippen LogP contribution is -2.11. The second-order valence-electron chi connectivity index (χ2n) is 5.95. The lowest BCUT2D eigenvalue weighted by atomic mass is 10.1. The van der Waals surface area contributed by atoms with Crippen LogP contribution in [0.2, 0.25) is 0 Å². The molecule has 3 heterocycles. The second kappa shape index (κ2) is 7.65. The largest absolute Gasteiger partial charge is 0.302 e. The molecule has 1 unspecified atom stereocenters. The number of hydrogen-bond donors (Lipinski definition) is 0. The monoisotopic (exact) mass is 383 g/mol. The number of nitrogens with zero attached hydrogens (tertiary/aromatic N) is 7. The molecule has 1 saturated heterocycles. The number of aryl methyl sites for hydroxylation is 1. The van der Waals surface area contributed by atoms with Crippen LogP contribution in [0.5, 0.6) is 0 Å². The summed E-state index contributed by atoms with van der Waals surface area (Å²) in [7, 11) is -2.97. The van der Waals surface area contributed by atoms with Gasteiger partial charge in [0.05, 0.1) is 17.3 Å². The van der Waals surface area contributed by atoms with Gasteiger partial charge in [0.25, 0.3) is 0 Å². The Balaban J connectivity index is 1.77. The molecular weight excluding hydrogens is 362 g/mol. The lowest BCUT2D eigenvalue weighted by molar-refractivity contribution is 0.564. The normalized spacial score (nSPS) is 19.3. The summed E-state index contributed by atoms with van der Waals surface area (Å²) < 4.78 is 27.3. The van der Waals surface area contributed by atoms with Gasteiger partial charge < -0.3 is 4.57 Å². The number of sulfone groups is 1. The Bertz CT molecular complexity index is 843. The minimum Gasteiger partial charge on any atom is -0.302 e. The molecule has 0 aromatic carbocycles. The highest BCUT2D eigenvalue weighted by Crippen LogP contribution is 2.30. The zero-order valence-electron chi connectivity index (χ0n) is 14.1. The van der Waals surface area contributed by atoms with Crippen molar-refractivity contribution in [1.29, 1.82) is 0 Å². The van der Waals surface area contributed by atoms with Crippen molar-refractivity contribution in [2.45, 2.75) is 49.7 Å². The Hall–Kier alpha value is -1.75. The van der Waals surface area contributed by atoms with E-state index in [1.165, 1.54) is 11.8 Å². The van der Waals surface area contributed by atoms with Crippen molar-refractivity contribution in [3.05, 3.63) is 24.3 Å². The van der Waals surface area contributed by atoms with E-state index in [0.717, 1.165) is 29.8 Å². The van der Waals surface area contributed by atoms with Crippen LogP contribution in [-0.4, -0.2) is 54.9 Å². The number of hydrogen-bond acceptors (Lipinski definition) is 8. The fourth-order valence-corrected chi connectivity index (χ4v) is 5.48. The van der Waals surface area contributed by atoms with Gasteiger partial charge in [0, 0.05) is 19.0 Å². The maximum Gasteiger partial charge on any atom is 0.191 e. The maximum absolute atomic E-state index is 11.8. The highest BCUT2D eigenvalue weighted by molar-refractivity contribution is 7.98. The van der Waals surface area contributed by atoms with E-state index in [1.807, 2.05) is 4.57 Å². The molecule has 9 nitrogen and oxygen atoms in total. The van der Waals surface area contributed by atoms with Crippen molar-refractivity contribution in [2.75, 3.05) is 11.5 Å². The van der Waals surface area contributed by atoms with E-state index < -0.39 is 9.84 Å². The fourth-order valence-electron chi connectivity index (χ4n) is 2.85. The molecule has 25 heavy (non-hydrogen) atoms. The second-order valence-corrected chi connectivity index (χ2v) is 9.12. The Kier molecular flexibility index (Phi) is 5.52. The fraction of sp³-hybridized carbons (Fsp3) is 0.643. The summed E-state index contributed by atoms with van der Waals surface area (Å²) in [6.07, 6.45) is 3.31. The maximum atomic E-state index is 11.8. The van der Waals surface area contributed by atoms with Crippen LogP contribution >= 0.6 is 11.8 Å². The van der Waals surface area contributed by atoms with Crippen molar-refractivity contribution >= 4 is 21.6 Å². The van der Waals surface area contributed by atoms with E-state index in [2.05, 4.69) is 39.2 Å². The Labute approximate surface area is 150 Å². The summed E-state index contributed by atoms with van der Waals surface area (Å²) >= 11 is 1.49. The number of tetrazole rings is 1. The molecule has 2 aromatic heterocycles. The van der Waals surface area contributed by atoms with Crippen molar-refractivity contribution < 1.29 is 8.42 Å². The van der Waals surface area contributed by atoms with Crippen LogP contribution in [0.4, 0.5) is 0 Å². The molecule has 1 fully saturated rings. The van der Waals surface area contributed by atoms with Crippen LogP contribution < -0.4 is 0 Å². The zero-order valence-corrected chi connectivity index (χ0v) is 15.7. The molecule has 0 saturated carbocycles. The summed E-state index contributed by atoms with van der Waals surface area (Å²) in [6, 6.07) is 0. The summed E-state index contributed by atoms with van der Waals surface area (Å²) in [5.74, 6) is 2.33. The Morgan fingerprint density at radius 3 is 2.88 bits per heavy atom. The number of aromatic nitrogens is 7. The predicted octanol–water partition coefficient (Wildman–Crippen LogP) is 1.05. The van der Waals surface area contributed by atoms with Gasteiger partial charge in [0.1, 0.15) is 5.82 Å². The first-order valence-corrected chi connectivity index (χ1v) is 11.0. The van der Waals surface area contributed by atoms with E-state index >= 15 is 0 Å². The third-order valence-electron chi connectivity index (χ3n) is 4.03. The molecule has 11 heteroatoms. The van der Waals surface area contributed by atoms with E-state index in [1.54, 1.807) is 10.8 Å². The van der Waals surface area contributed by atoms with E-state index in [0.29, 0.717) is 18.7 Å². The third-order valence-corrected chi connectivity index (χ3v) is 6.76. The minimum absolute atomic E-state index is 0.0998. The number of thioether (sulfide) groups is 1. The topological polar surface area (TPSA) is 108 Å². The molecule has 1 aliphatic rings. The molecule has 0 N–H and O–H groups in total. The van der Waals surface area contributed by atoms with E-state index in [4.69, 9.17) is 0 Å². The minimum atomic E-state index is -2.97. The summed E-state index contributed by atoms with van der Waals surface area (Å²) in [4.78, 5) is 0. The number of rotatable bonds is 8. The van der Waals surface area contributed by atoms with Gasteiger partial charge in [-0.15, -0.1) is 21.9 Å². The van der Waals surface area contributed by atoms with Crippen LogP contribution in [0.25, 0.3) is 0 Å². The highest BCUT2D eigenvalue weighted by Gasteiger charge is 2.33. The molecule has 136 valence electrons. The third kappa shape index (κ3) is 4.09. The van der Waals surface area contributed by atoms with Crippen LogP contribution in [0.3, 0.4) is 0 Å². The van der Waals surface area contributed by atoms with Gasteiger partial charge in [-0.3, -0.25) is 0 Å². The number of allylic oxidation sites excluding steroid dienone is 1. The van der Waals surface area contributed by atoms with Crippen LogP contribution in [-0.2, 0) is 28.7 Å². The Morgan fingerprint density at radius 2 is 2.20 bits per heavy atom. The van der Waals surface area contributed by atoms with Gasteiger partial charge in [-0.1, -0.05) is 24.8 Å². The molecule has 0 amide bonds. The van der Waals surface area contributed by atoms with Crippen molar-refractivity contribution in [2.24, 2.45) is 0 Å². The average Bonchev–Trinajstić information content (AvgIpc) is 3.26. The van der Waals surface area contributed by atoms with Gasteiger partial charge in [-0.2, -0.15) is 0 Å². The lowest BCUT2D eigenvalue weighted by Gasteiger charge is -2.11. The van der Waals surface area contributed by atoms with Crippen LogP contribution in [0.15, 0.2) is 17.8 Å².